The minimum Gasteiger partial charge on any atom is -0.388 e. The van der Waals surface area contributed by atoms with E-state index in [2.05, 4.69) is 33.8 Å². The van der Waals surface area contributed by atoms with Crippen LogP contribution in [0, 0.1) is 0 Å². The van der Waals surface area contributed by atoms with Crippen LogP contribution in [0.5, 0.6) is 0 Å². The predicted molar refractivity (Wildman–Crippen MR) is 67.6 cm³/mol. The highest BCUT2D eigenvalue weighted by molar-refractivity contribution is 5.53. The van der Waals surface area contributed by atoms with E-state index in [1.807, 2.05) is 31.4 Å². The zero-order valence-corrected chi connectivity index (χ0v) is 9.27. The smallest absolute Gasteiger partial charge is 0.0416 e. The van der Waals surface area contributed by atoms with E-state index in [0.717, 1.165) is 17.9 Å². The average molecular weight is 213 g/mol. The van der Waals surface area contributed by atoms with Crippen LogP contribution in [-0.2, 0) is 6.54 Å². The summed E-state index contributed by atoms with van der Waals surface area (Å²) in [5.41, 5.74) is 3.41. The third-order valence-electron chi connectivity index (χ3n) is 2.39. The summed E-state index contributed by atoms with van der Waals surface area (Å²) >= 11 is 0. The maximum absolute atomic E-state index is 4.07. The first-order chi connectivity index (χ1) is 7.88. The van der Waals surface area contributed by atoms with Crippen molar-refractivity contribution in [1.82, 2.24) is 4.98 Å². The molecule has 0 aliphatic rings. The molecule has 0 atom stereocenters. The summed E-state index contributed by atoms with van der Waals surface area (Å²) in [5.74, 6) is 0. The van der Waals surface area contributed by atoms with Crippen LogP contribution < -0.4 is 10.6 Å². The molecule has 0 spiro atoms. The summed E-state index contributed by atoms with van der Waals surface area (Å²) in [7, 11) is 1.91. The van der Waals surface area contributed by atoms with Crippen molar-refractivity contribution in [2.75, 3.05) is 17.7 Å². The Morgan fingerprint density at radius 3 is 2.44 bits per heavy atom. The fourth-order valence-corrected chi connectivity index (χ4v) is 1.46. The van der Waals surface area contributed by atoms with Crippen LogP contribution in [-0.4, -0.2) is 12.0 Å². The molecule has 2 aromatic rings. The lowest BCUT2D eigenvalue weighted by Gasteiger charge is -2.07. The van der Waals surface area contributed by atoms with Gasteiger partial charge >= 0.3 is 0 Å². The predicted octanol–water partition coefficient (Wildman–Crippen LogP) is 2.74. The van der Waals surface area contributed by atoms with Gasteiger partial charge in [-0.25, -0.2) is 0 Å². The molecule has 0 amide bonds. The van der Waals surface area contributed by atoms with E-state index in [1.165, 1.54) is 5.56 Å². The highest BCUT2D eigenvalue weighted by atomic mass is 14.9. The van der Waals surface area contributed by atoms with Crippen LogP contribution in [0.15, 0.2) is 48.8 Å². The molecule has 0 saturated heterocycles. The molecule has 0 saturated carbocycles. The maximum atomic E-state index is 4.07. The minimum absolute atomic E-state index is 0.798. The number of hydrogen-bond acceptors (Lipinski definition) is 3. The second-order valence-corrected chi connectivity index (χ2v) is 3.54. The van der Waals surface area contributed by atoms with Crippen molar-refractivity contribution in [1.29, 1.82) is 0 Å². The molecule has 1 aromatic carbocycles. The van der Waals surface area contributed by atoms with Crippen LogP contribution in [0.25, 0.3) is 0 Å². The van der Waals surface area contributed by atoms with E-state index >= 15 is 0 Å². The summed E-state index contributed by atoms with van der Waals surface area (Å²) in [6.45, 7) is 0.798. The van der Waals surface area contributed by atoms with E-state index < -0.39 is 0 Å². The molecule has 0 aliphatic heterocycles. The van der Waals surface area contributed by atoms with Crippen LogP contribution in [0.2, 0.25) is 0 Å². The number of pyridine rings is 1. The highest BCUT2D eigenvalue weighted by Gasteiger charge is 1.94. The molecule has 1 heterocycles. The molecule has 2 rings (SSSR count). The number of aromatic nitrogens is 1. The number of anilines is 2. The number of hydrogen-bond donors (Lipinski definition) is 2. The second kappa shape index (κ2) is 5.16. The molecule has 16 heavy (non-hydrogen) atoms. The van der Waals surface area contributed by atoms with Crippen LogP contribution in [0.3, 0.4) is 0 Å². The number of nitrogens with one attached hydrogen (secondary N) is 2. The van der Waals surface area contributed by atoms with Gasteiger partial charge in [-0.05, 0) is 35.9 Å². The Labute approximate surface area is 95.5 Å². The monoisotopic (exact) mass is 213 g/mol. The van der Waals surface area contributed by atoms with Gasteiger partial charge in [0.25, 0.3) is 0 Å². The zero-order valence-electron chi connectivity index (χ0n) is 9.27. The Balaban J connectivity index is 1.94. The minimum atomic E-state index is 0.798. The first-order valence-corrected chi connectivity index (χ1v) is 5.29. The van der Waals surface area contributed by atoms with E-state index in [0.29, 0.717) is 0 Å². The molecule has 0 unspecified atom stereocenters. The standard InChI is InChI=1S/C13H15N3/c1-14-12-4-6-13(7-5-12)16-10-11-3-2-8-15-9-11/h2-9,14,16H,10H2,1H3. The van der Waals surface area contributed by atoms with Gasteiger partial charge in [-0.15, -0.1) is 0 Å². The summed E-state index contributed by atoms with van der Waals surface area (Å²) in [6, 6.07) is 12.2. The molecule has 0 aliphatic carbocycles. The lowest BCUT2D eigenvalue weighted by atomic mass is 10.2. The fraction of sp³-hybridized carbons (Fsp3) is 0.154. The molecule has 82 valence electrons. The van der Waals surface area contributed by atoms with Crippen LogP contribution in [0.4, 0.5) is 11.4 Å². The highest BCUT2D eigenvalue weighted by Crippen LogP contribution is 2.13. The van der Waals surface area contributed by atoms with Crippen molar-refractivity contribution in [3.63, 3.8) is 0 Å². The Hall–Kier alpha value is -2.03. The second-order valence-electron chi connectivity index (χ2n) is 3.54. The molecular weight excluding hydrogens is 198 g/mol. The normalized spacial score (nSPS) is 9.81. The summed E-state index contributed by atoms with van der Waals surface area (Å²) in [5, 5.41) is 6.43. The van der Waals surface area contributed by atoms with Crippen molar-refractivity contribution < 1.29 is 0 Å². The van der Waals surface area contributed by atoms with Gasteiger partial charge in [0.15, 0.2) is 0 Å². The molecule has 0 radical (unpaired) electrons. The fourth-order valence-electron chi connectivity index (χ4n) is 1.46. The third-order valence-corrected chi connectivity index (χ3v) is 2.39. The zero-order chi connectivity index (χ0) is 11.2. The van der Waals surface area contributed by atoms with Crippen molar-refractivity contribution in [2.45, 2.75) is 6.54 Å². The van der Waals surface area contributed by atoms with Crippen LogP contribution in [0.1, 0.15) is 5.56 Å². The first-order valence-electron chi connectivity index (χ1n) is 5.29. The van der Waals surface area contributed by atoms with Gasteiger partial charge in [-0.2, -0.15) is 0 Å². The van der Waals surface area contributed by atoms with Gasteiger partial charge < -0.3 is 10.6 Å². The Bertz CT molecular complexity index is 423. The van der Waals surface area contributed by atoms with Gasteiger partial charge in [-0.3, -0.25) is 4.98 Å². The van der Waals surface area contributed by atoms with Crippen molar-refractivity contribution in [2.24, 2.45) is 0 Å². The van der Waals surface area contributed by atoms with Crippen LogP contribution >= 0.6 is 0 Å². The van der Waals surface area contributed by atoms with Crippen molar-refractivity contribution in [3.8, 4) is 0 Å². The number of benzene rings is 1. The lowest BCUT2D eigenvalue weighted by molar-refractivity contribution is 1.11. The number of nitrogens with zero attached hydrogens (tertiary/aromatic N) is 1. The quantitative estimate of drug-likeness (QED) is 0.820. The molecule has 3 heteroatoms. The number of rotatable bonds is 4. The van der Waals surface area contributed by atoms with E-state index in [4.69, 9.17) is 0 Å². The summed E-state index contributed by atoms with van der Waals surface area (Å²) in [6.07, 6.45) is 3.65. The van der Waals surface area contributed by atoms with Gasteiger partial charge in [-0.1, -0.05) is 6.07 Å². The van der Waals surface area contributed by atoms with E-state index in [1.54, 1.807) is 6.20 Å². The molecule has 0 bridgehead atoms. The maximum Gasteiger partial charge on any atom is 0.0416 e. The largest absolute Gasteiger partial charge is 0.388 e. The Morgan fingerprint density at radius 2 is 1.81 bits per heavy atom. The molecule has 0 fully saturated rings. The third kappa shape index (κ3) is 2.73. The summed E-state index contributed by atoms with van der Waals surface area (Å²) < 4.78 is 0. The topological polar surface area (TPSA) is 37.0 Å². The average Bonchev–Trinajstić information content (AvgIpc) is 2.38. The van der Waals surface area contributed by atoms with E-state index in [-0.39, 0.29) is 0 Å². The Kier molecular flexibility index (Phi) is 3.38. The lowest BCUT2D eigenvalue weighted by Crippen LogP contribution is -1.99. The molecule has 1 aromatic heterocycles. The van der Waals surface area contributed by atoms with Gasteiger partial charge in [0.1, 0.15) is 0 Å². The van der Waals surface area contributed by atoms with E-state index in [9.17, 15) is 0 Å². The summed E-state index contributed by atoms with van der Waals surface area (Å²) in [4.78, 5) is 4.07. The van der Waals surface area contributed by atoms with Crippen molar-refractivity contribution >= 4 is 11.4 Å². The SMILES string of the molecule is CNc1ccc(NCc2cccnc2)cc1. The molecule has 2 N–H and O–H groups in total. The first kappa shape index (κ1) is 10.5. The molecular formula is C13H15N3. The van der Waals surface area contributed by atoms with Gasteiger partial charge in [0.2, 0.25) is 0 Å². The van der Waals surface area contributed by atoms with Gasteiger partial charge in [0.05, 0.1) is 0 Å². The molecule has 3 nitrogen and oxygen atoms in total. The van der Waals surface area contributed by atoms with Crippen molar-refractivity contribution in [3.05, 3.63) is 54.4 Å². The Morgan fingerprint density at radius 1 is 1.06 bits per heavy atom. The van der Waals surface area contributed by atoms with Gasteiger partial charge in [0, 0.05) is 37.4 Å².